The third-order valence-corrected chi connectivity index (χ3v) is 2.84. The van der Waals surface area contributed by atoms with Crippen LogP contribution < -0.4 is 4.74 Å². The number of hydrogen-bond acceptors (Lipinski definition) is 4. The van der Waals surface area contributed by atoms with Gasteiger partial charge in [0.05, 0.1) is 0 Å². The molecule has 0 aliphatic carbocycles. The first kappa shape index (κ1) is 11.1. The molecular weight excluding hydrogens is 208 g/mol. The van der Waals surface area contributed by atoms with Gasteiger partial charge in [-0.15, -0.1) is 0 Å². The largest absolute Gasteiger partial charge is 0.452 e. The molecule has 1 aromatic rings. The molecule has 1 aliphatic rings. The van der Waals surface area contributed by atoms with E-state index in [1.54, 1.807) is 6.07 Å². The average Bonchev–Trinajstić information content (AvgIpc) is 2.63. The second-order valence-corrected chi connectivity index (χ2v) is 3.68. The first-order chi connectivity index (χ1) is 7.65. The molecule has 4 nitrogen and oxygen atoms in total. The van der Waals surface area contributed by atoms with Crippen LogP contribution in [0.2, 0.25) is 0 Å². The van der Waals surface area contributed by atoms with Gasteiger partial charge in [0.2, 0.25) is 5.78 Å². The van der Waals surface area contributed by atoms with Crippen LogP contribution in [0.15, 0.2) is 24.3 Å². The molecule has 2 rings (SSSR count). The molecule has 0 radical (unpaired) electrons. The summed E-state index contributed by atoms with van der Waals surface area (Å²) in [5, 5.41) is 0. The quantitative estimate of drug-likeness (QED) is 0.780. The molecule has 0 amide bonds. The molecule has 0 N–H and O–H groups in total. The minimum Gasteiger partial charge on any atom is -0.452 e. The van der Waals surface area contributed by atoms with Crippen molar-refractivity contribution in [1.82, 2.24) is 0 Å². The lowest BCUT2D eigenvalue weighted by molar-refractivity contribution is -0.212. The first-order valence-electron chi connectivity index (χ1n) is 5.02. The molecular formula is C12H14O4. The monoisotopic (exact) mass is 222 g/mol. The normalized spacial score (nSPS) is 27.3. The summed E-state index contributed by atoms with van der Waals surface area (Å²) in [7, 11) is 2.98. The Balaban J connectivity index is 2.51. The smallest absolute Gasteiger partial charge is 0.301 e. The summed E-state index contributed by atoms with van der Waals surface area (Å²) in [4.78, 5) is 11.7. The summed E-state index contributed by atoms with van der Waals surface area (Å²) in [5.41, 5.74) is 0.835. The highest BCUT2D eigenvalue weighted by Crippen LogP contribution is 2.45. The molecule has 86 valence electrons. The van der Waals surface area contributed by atoms with E-state index in [2.05, 4.69) is 0 Å². The average molecular weight is 222 g/mol. The highest BCUT2D eigenvalue weighted by molar-refractivity contribution is 5.86. The van der Waals surface area contributed by atoms with E-state index in [0.29, 0.717) is 5.75 Å². The lowest BCUT2D eigenvalue weighted by Gasteiger charge is -2.29. The fourth-order valence-corrected chi connectivity index (χ4v) is 2.04. The Kier molecular flexibility index (Phi) is 2.69. The highest BCUT2D eigenvalue weighted by atomic mass is 16.7. The van der Waals surface area contributed by atoms with Crippen LogP contribution in [0.25, 0.3) is 0 Å². The standard InChI is InChI=1S/C12H14O4/c1-8(13)12(15-3)11(14-2)9-6-4-5-7-10(9)16-12/h4-7,11H,1-3H3/t11-,12+/m1/s1. The van der Waals surface area contributed by atoms with E-state index in [0.717, 1.165) is 5.56 Å². The van der Waals surface area contributed by atoms with Gasteiger partial charge in [-0.25, -0.2) is 0 Å². The van der Waals surface area contributed by atoms with Crippen LogP contribution in [0, 0.1) is 0 Å². The summed E-state index contributed by atoms with van der Waals surface area (Å²) in [6.45, 7) is 1.43. The van der Waals surface area contributed by atoms with Gasteiger partial charge in [0.1, 0.15) is 5.75 Å². The number of methoxy groups -OCH3 is 2. The van der Waals surface area contributed by atoms with Gasteiger partial charge in [0.15, 0.2) is 6.10 Å². The van der Waals surface area contributed by atoms with Crippen molar-refractivity contribution in [2.24, 2.45) is 0 Å². The van der Waals surface area contributed by atoms with E-state index < -0.39 is 11.9 Å². The number of hydrogen-bond donors (Lipinski definition) is 0. The zero-order chi connectivity index (χ0) is 11.8. The van der Waals surface area contributed by atoms with Crippen LogP contribution in [0.4, 0.5) is 0 Å². The molecule has 1 heterocycles. The van der Waals surface area contributed by atoms with Gasteiger partial charge in [0, 0.05) is 26.7 Å². The van der Waals surface area contributed by atoms with Crippen molar-refractivity contribution >= 4 is 5.78 Å². The Morgan fingerprint density at radius 1 is 1.38 bits per heavy atom. The number of Topliss-reactive ketones (excluding diaryl/α,β-unsaturated/α-hetero) is 1. The van der Waals surface area contributed by atoms with Gasteiger partial charge in [-0.2, -0.15) is 0 Å². The maximum absolute atomic E-state index is 11.7. The third kappa shape index (κ3) is 1.34. The number of ether oxygens (including phenoxy) is 3. The Hall–Kier alpha value is -1.39. The first-order valence-corrected chi connectivity index (χ1v) is 5.02. The van der Waals surface area contributed by atoms with Crippen molar-refractivity contribution in [3.05, 3.63) is 29.8 Å². The predicted molar refractivity (Wildman–Crippen MR) is 57.2 cm³/mol. The van der Waals surface area contributed by atoms with E-state index >= 15 is 0 Å². The van der Waals surface area contributed by atoms with Crippen LogP contribution in [-0.4, -0.2) is 25.8 Å². The maximum Gasteiger partial charge on any atom is 0.301 e. The second-order valence-electron chi connectivity index (χ2n) is 3.68. The molecule has 1 aliphatic heterocycles. The fourth-order valence-electron chi connectivity index (χ4n) is 2.04. The number of carbonyl (C=O) groups excluding carboxylic acids is 1. The van der Waals surface area contributed by atoms with Crippen LogP contribution in [-0.2, 0) is 14.3 Å². The van der Waals surface area contributed by atoms with E-state index in [1.807, 2.05) is 18.2 Å². The topological polar surface area (TPSA) is 44.8 Å². The van der Waals surface area contributed by atoms with Gasteiger partial charge in [-0.1, -0.05) is 18.2 Å². The number of fused-ring (bicyclic) bond motifs is 1. The van der Waals surface area contributed by atoms with E-state index in [4.69, 9.17) is 14.2 Å². The van der Waals surface area contributed by atoms with Gasteiger partial charge >= 0.3 is 5.79 Å². The SMILES string of the molecule is CO[C@@H]1c2ccccc2O[C@@]1(OC)C(C)=O. The van der Waals surface area contributed by atoms with Crippen molar-refractivity contribution in [2.75, 3.05) is 14.2 Å². The van der Waals surface area contributed by atoms with Crippen LogP contribution >= 0.6 is 0 Å². The lowest BCUT2D eigenvalue weighted by Crippen LogP contribution is -2.47. The Morgan fingerprint density at radius 2 is 2.06 bits per heavy atom. The molecule has 1 aromatic carbocycles. The van der Waals surface area contributed by atoms with Crippen LogP contribution in [0.3, 0.4) is 0 Å². The van der Waals surface area contributed by atoms with Gasteiger partial charge in [-0.3, -0.25) is 4.79 Å². The summed E-state index contributed by atoms with van der Waals surface area (Å²) in [6, 6.07) is 7.38. The Labute approximate surface area is 94.1 Å². The zero-order valence-electron chi connectivity index (χ0n) is 9.52. The minimum atomic E-state index is -1.35. The predicted octanol–water partition coefficient (Wildman–Crippen LogP) is 1.70. The van der Waals surface area contributed by atoms with Crippen molar-refractivity contribution in [1.29, 1.82) is 0 Å². The van der Waals surface area contributed by atoms with Crippen molar-refractivity contribution < 1.29 is 19.0 Å². The maximum atomic E-state index is 11.7. The zero-order valence-corrected chi connectivity index (χ0v) is 9.52. The van der Waals surface area contributed by atoms with Crippen molar-refractivity contribution in [3.63, 3.8) is 0 Å². The van der Waals surface area contributed by atoms with E-state index in [-0.39, 0.29) is 5.78 Å². The Morgan fingerprint density at radius 3 is 2.62 bits per heavy atom. The molecule has 0 spiro atoms. The van der Waals surface area contributed by atoms with Gasteiger partial charge in [0.25, 0.3) is 0 Å². The molecule has 0 saturated carbocycles. The van der Waals surface area contributed by atoms with Crippen molar-refractivity contribution in [3.8, 4) is 5.75 Å². The van der Waals surface area contributed by atoms with Gasteiger partial charge in [-0.05, 0) is 6.07 Å². The number of para-hydroxylation sites is 1. The molecule has 2 atom stereocenters. The molecule has 4 heteroatoms. The van der Waals surface area contributed by atoms with Gasteiger partial charge < -0.3 is 14.2 Å². The van der Waals surface area contributed by atoms with Crippen LogP contribution in [0.5, 0.6) is 5.75 Å². The molecule has 0 fully saturated rings. The molecule has 16 heavy (non-hydrogen) atoms. The molecule has 0 aromatic heterocycles. The second kappa shape index (κ2) is 3.88. The molecule has 0 unspecified atom stereocenters. The van der Waals surface area contributed by atoms with E-state index in [9.17, 15) is 4.79 Å². The van der Waals surface area contributed by atoms with Crippen LogP contribution in [0.1, 0.15) is 18.6 Å². The summed E-state index contributed by atoms with van der Waals surface area (Å²) in [5.74, 6) is -0.928. The Bertz CT molecular complexity index is 415. The van der Waals surface area contributed by atoms with Crippen molar-refractivity contribution in [2.45, 2.75) is 18.8 Å². The molecule has 0 saturated heterocycles. The number of carbonyl (C=O) groups is 1. The minimum absolute atomic E-state index is 0.210. The number of rotatable bonds is 3. The molecule has 0 bridgehead atoms. The van der Waals surface area contributed by atoms with E-state index in [1.165, 1.54) is 21.1 Å². The number of benzene rings is 1. The number of ketones is 1. The fraction of sp³-hybridized carbons (Fsp3) is 0.417. The third-order valence-electron chi connectivity index (χ3n) is 2.84. The highest BCUT2D eigenvalue weighted by Gasteiger charge is 2.53. The summed E-state index contributed by atoms with van der Waals surface area (Å²) >= 11 is 0. The lowest BCUT2D eigenvalue weighted by atomic mass is 10.0. The summed E-state index contributed by atoms with van der Waals surface area (Å²) < 4.78 is 16.2. The summed E-state index contributed by atoms with van der Waals surface area (Å²) in [6.07, 6.45) is -0.522.